The predicted molar refractivity (Wildman–Crippen MR) is 65.9 cm³/mol. The van der Waals surface area contributed by atoms with Crippen molar-refractivity contribution in [3.8, 4) is 6.07 Å². The van der Waals surface area contributed by atoms with Crippen LogP contribution in [0.5, 0.6) is 0 Å². The molecule has 1 saturated heterocycles. The molecule has 1 fully saturated rings. The first-order valence-corrected chi connectivity index (χ1v) is 5.93. The Labute approximate surface area is 106 Å². The second kappa shape index (κ2) is 5.50. The van der Waals surface area contributed by atoms with Gasteiger partial charge in [-0.25, -0.2) is 4.98 Å². The van der Waals surface area contributed by atoms with Gasteiger partial charge in [0.1, 0.15) is 11.8 Å². The Morgan fingerprint density at radius 3 is 3.22 bits per heavy atom. The minimum atomic E-state index is -0.158. The molecule has 1 unspecified atom stereocenters. The van der Waals surface area contributed by atoms with Crippen molar-refractivity contribution in [2.75, 3.05) is 25.1 Å². The number of hydrogen-bond acceptors (Lipinski definition) is 5. The first-order chi connectivity index (χ1) is 8.74. The van der Waals surface area contributed by atoms with Crippen molar-refractivity contribution < 1.29 is 9.53 Å². The number of piperidine rings is 1. The highest BCUT2D eigenvalue weighted by Crippen LogP contribution is 2.23. The van der Waals surface area contributed by atoms with Crippen LogP contribution >= 0.6 is 0 Å². The largest absolute Gasteiger partial charge is 0.469 e. The maximum absolute atomic E-state index is 11.6. The molecule has 1 aliphatic rings. The van der Waals surface area contributed by atoms with E-state index in [2.05, 4.69) is 9.88 Å². The van der Waals surface area contributed by atoms with Crippen molar-refractivity contribution in [2.45, 2.75) is 12.8 Å². The number of anilines is 1. The van der Waals surface area contributed by atoms with E-state index < -0.39 is 0 Å². The van der Waals surface area contributed by atoms with Gasteiger partial charge in [-0.05, 0) is 25.0 Å². The van der Waals surface area contributed by atoms with Gasteiger partial charge < -0.3 is 9.64 Å². The number of nitriles is 1. The summed E-state index contributed by atoms with van der Waals surface area (Å²) in [5.74, 6) is -0.239. The molecule has 2 rings (SSSR count). The second-order valence-corrected chi connectivity index (χ2v) is 4.32. The summed E-state index contributed by atoms with van der Waals surface area (Å²) >= 11 is 0. The zero-order valence-electron chi connectivity index (χ0n) is 10.3. The molecule has 0 spiro atoms. The number of rotatable bonds is 2. The van der Waals surface area contributed by atoms with Crippen molar-refractivity contribution in [1.29, 1.82) is 5.26 Å². The lowest BCUT2D eigenvalue weighted by molar-refractivity contribution is -0.145. The Morgan fingerprint density at radius 1 is 1.67 bits per heavy atom. The summed E-state index contributed by atoms with van der Waals surface area (Å²) in [6.07, 6.45) is 3.43. The number of carbonyl (C=O) groups is 1. The van der Waals surface area contributed by atoms with Crippen LogP contribution in [0.15, 0.2) is 18.3 Å². The molecule has 1 aromatic rings. The average Bonchev–Trinajstić information content (AvgIpc) is 2.46. The molecule has 0 saturated carbocycles. The Balaban J connectivity index is 2.13. The Kier molecular flexibility index (Phi) is 3.78. The molecule has 0 aromatic carbocycles. The lowest BCUT2D eigenvalue weighted by Gasteiger charge is -2.33. The first kappa shape index (κ1) is 12.4. The van der Waals surface area contributed by atoms with Crippen LogP contribution in [0.1, 0.15) is 18.5 Å². The topological polar surface area (TPSA) is 66.2 Å². The van der Waals surface area contributed by atoms with Gasteiger partial charge in [-0.1, -0.05) is 0 Å². The second-order valence-electron chi connectivity index (χ2n) is 4.32. The third-order valence-corrected chi connectivity index (χ3v) is 3.18. The van der Waals surface area contributed by atoms with Crippen molar-refractivity contribution in [2.24, 2.45) is 5.92 Å². The zero-order valence-corrected chi connectivity index (χ0v) is 10.3. The highest BCUT2D eigenvalue weighted by Gasteiger charge is 2.26. The summed E-state index contributed by atoms with van der Waals surface area (Å²) in [5.41, 5.74) is 1.34. The molecule has 1 aliphatic heterocycles. The fourth-order valence-electron chi connectivity index (χ4n) is 2.25. The van der Waals surface area contributed by atoms with Crippen molar-refractivity contribution in [3.63, 3.8) is 0 Å². The Morgan fingerprint density at radius 2 is 2.50 bits per heavy atom. The summed E-state index contributed by atoms with van der Waals surface area (Å²) < 4.78 is 4.79. The molecule has 0 N–H and O–H groups in total. The van der Waals surface area contributed by atoms with Crippen molar-refractivity contribution >= 4 is 11.7 Å². The van der Waals surface area contributed by atoms with Crippen LogP contribution in [-0.4, -0.2) is 31.2 Å². The highest BCUT2D eigenvalue weighted by molar-refractivity contribution is 5.73. The molecule has 0 amide bonds. The van der Waals surface area contributed by atoms with E-state index >= 15 is 0 Å². The number of pyridine rings is 1. The number of nitrogens with zero attached hydrogens (tertiary/aromatic N) is 3. The first-order valence-electron chi connectivity index (χ1n) is 5.93. The Bertz CT molecular complexity index is 481. The zero-order chi connectivity index (χ0) is 13.0. The van der Waals surface area contributed by atoms with Gasteiger partial charge in [-0.2, -0.15) is 5.26 Å². The number of ether oxygens (including phenoxy) is 1. The average molecular weight is 245 g/mol. The van der Waals surface area contributed by atoms with Gasteiger partial charge in [-0.3, -0.25) is 4.79 Å². The summed E-state index contributed by atoms with van der Waals surface area (Å²) in [6, 6.07) is 5.63. The van der Waals surface area contributed by atoms with E-state index in [1.165, 1.54) is 7.11 Å². The molecule has 5 heteroatoms. The molecule has 1 aromatic heterocycles. The smallest absolute Gasteiger partial charge is 0.310 e. The molecule has 0 aliphatic carbocycles. The predicted octanol–water partition coefficient (Wildman–Crippen LogP) is 1.34. The number of hydrogen-bond donors (Lipinski definition) is 0. The summed E-state index contributed by atoms with van der Waals surface area (Å²) in [4.78, 5) is 17.6. The fourth-order valence-corrected chi connectivity index (χ4v) is 2.25. The van der Waals surface area contributed by atoms with Gasteiger partial charge in [0.05, 0.1) is 13.0 Å². The van der Waals surface area contributed by atoms with Crippen LogP contribution in [0.3, 0.4) is 0 Å². The lowest BCUT2D eigenvalue weighted by Crippen LogP contribution is -2.39. The van der Waals surface area contributed by atoms with E-state index in [0.717, 1.165) is 25.1 Å². The minimum Gasteiger partial charge on any atom is -0.469 e. The van der Waals surface area contributed by atoms with E-state index in [4.69, 9.17) is 10.00 Å². The molecular weight excluding hydrogens is 230 g/mol. The molecular formula is C13H15N3O2. The highest BCUT2D eigenvalue weighted by atomic mass is 16.5. The van der Waals surface area contributed by atoms with Crippen LogP contribution in [0.25, 0.3) is 0 Å². The standard InChI is InChI=1S/C13H15N3O2/c1-18-13(17)10-3-2-6-16(9-10)12-4-5-15-11(7-12)8-14/h4-5,7,10H,2-3,6,9H2,1H3. The fraction of sp³-hybridized carbons (Fsp3) is 0.462. The van der Waals surface area contributed by atoms with Gasteiger partial charge in [-0.15, -0.1) is 0 Å². The van der Waals surface area contributed by atoms with E-state index in [0.29, 0.717) is 12.2 Å². The normalized spacial score (nSPS) is 19.1. The van der Waals surface area contributed by atoms with Crippen molar-refractivity contribution in [1.82, 2.24) is 4.98 Å². The molecule has 18 heavy (non-hydrogen) atoms. The van der Waals surface area contributed by atoms with Gasteiger partial charge in [0.2, 0.25) is 0 Å². The Hall–Kier alpha value is -2.09. The van der Waals surface area contributed by atoms with Crippen LogP contribution in [-0.2, 0) is 9.53 Å². The van der Waals surface area contributed by atoms with Crippen LogP contribution in [0.2, 0.25) is 0 Å². The maximum atomic E-state index is 11.6. The molecule has 0 radical (unpaired) electrons. The van der Waals surface area contributed by atoms with Gasteiger partial charge in [0.25, 0.3) is 0 Å². The van der Waals surface area contributed by atoms with E-state index in [1.807, 2.05) is 12.1 Å². The van der Waals surface area contributed by atoms with Gasteiger partial charge in [0, 0.05) is 25.0 Å². The van der Waals surface area contributed by atoms with E-state index in [-0.39, 0.29) is 11.9 Å². The van der Waals surface area contributed by atoms with Gasteiger partial charge in [0.15, 0.2) is 0 Å². The maximum Gasteiger partial charge on any atom is 0.310 e. The minimum absolute atomic E-state index is 0.0811. The third-order valence-electron chi connectivity index (χ3n) is 3.18. The molecule has 2 heterocycles. The lowest BCUT2D eigenvalue weighted by atomic mass is 9.98. The SMILES string of the molecule is COC(=O)C1CCCN(c2ccnc(C#N)c2)C1. The quantitative estimate of drug-likeness (QED) is 0.736. The summed E-state index contributed by atoms with van der Waals surface area (Å²) in [5, 5.41) is 8.83. The molecule has 94 valence electrons. The number of esters is 1. The van der Waals surface area contributed by atoms with E-state index in [1.54, 1.807) is 12.3 Å². The molecule has 0 bridgehead atoms. The third kappa shape index (κ3) is 2.59. The van der Waals surface area contributed by atoms with Gasteiger partial charge >= 0.3 is 5.97 Å². The molecule has 1 atom stereocenters. The number of carbonyl (C=O) groups excluding carboxylic acids is 1. The molecule has 5 nitrogen and oxygen atoms in total. The monoisotopic (exact) mass is 245 g/mol. The van der Waals surface area contributed by atoms with E-state index in [9.17, 15) is 4.79 Å². The van der Waals surface area contributed by atoms with Crippen molar-refractivity contribution in [3.05, 3.63) is 24.0 Å². The van der Waals surface area contributed by atoms with Crippen LogP contribution in [0, 0.1) is 17.2 Å². The van der Waals surface area contributed by atoms with Crippen LogP contribution < -0.4 is 4.90 Å². The summed E-state index contributed by atoms with van der Waals surface area (Å²) in [6.45, 7) is 1.53. The van der Waals surface area contributed by atoms with Crippen LogP contribution in [0.4, 0.5) is 5.69 Å². The number of methoxy groups -OCH3 is 1. The summed E-state index contributed by atoms with van der Waals surface area (Å²) in [7, 11) is 1.42. The number of aromatic nitrogens is 1.